The molecule has 0 spiro atoms. The Labute approximate surface area is 120 Å². The minimum absolute atomic E-state index is 0.0272. The van der Waals surface area contributed by atoms with Crippen LogP contribution in [-0.2, 0) is 0 Å². The van der Waals surface area contributed by atoms with Crippen molar-refractivity contribution < 1.29 is 4.79 Å². The molecule has 2 aromatic carbocycles. The highest BCUT2D eigenvalue weighted by molar-refractivity contribution is 7.17. The fourth-order valence-electron chi connectivity index (χ4n) is 2.04. The third-order valence-electron chi connectivity index (χ3n) is 3.16. The van der Waals surface area contributed by atoms with Crippen LogP contribution >= 0.6 is 22.9 Å². The fourth-order valence-corrected chi connectivity index (χ4v) is 3.16. The second-order valence-corrected chi connectivity index (χ2v) is 5.76. The Morgan fingerprint density at radius 3 is 2.74 bits per heavy atom. The zero-order chi connectivity index (χ0) is 13.4. The predicted molar refractivity (Wildman–Crippen MR) is 81.4 cm³/mol. The minimum Gasteiger partial charge on any atom is -0.289 e. The summed E-state index contributed by atoms with van der Waals surface area (Å²) in [7, 11) is 0. The van der Waals surface area contributed by atoms with Crippen molar-refractivity contribution in [1.82, 2.24) is 0 Å². The summed E-state index contributed by atoms with van der Waals surface area (Å²) in [6, 6.07) is 13.4. The first-order valence-electron chi connectivity index (χ1n) is 5.94. The van der Waals surface area contributed by atoms with Gasteiger partial charge in [-0.05, 0) is 24.6 Å². The van der Waals surface area contributed by atoms with Gasteiger partial charge in [-0.25, -0.2) is 0 Å². The highest BCUT2D eigenvalue weighted by atomic mass is 35.5. The lowest BCUT2D eigenvalue weighted by molar-refractivity contribution is 0.104. The average molecular weight is 287 g/mol. The zero-order valence-corrected chi connectivity index (χ0v) is 11.9. The number of benzene rings is 2. The Morgan fingerprint density at radius 1 is 1.16 bits per heavy atom. The maximum Gasteiger partial charge on any atom is 0.194 e. The van der Waals surface area contributed by atoms with Crippen molar-refractivity contribution in [3.63, 3.8) is 0 Å². The molecule has 0 amide bonds. The lowest BCUT2D eigenvalue weighted by Gasteiger charge is -2.03. The van der Waals surface area contributed by atoms with E-state index in [2.05, 4.69) is 0 Å². The molecule has 3 aromatic rings. The van der Waals surface area contributed by atoms with Gasteiger partial charge in [-0.3, -0.25) is 4.79 Å². The number of fused-ring (bicyclic) bond motifs is 1. The number of halogens is 1. The van der Waals surface area contributed by atoms with E-state index in [0.29, 0.717) is 10.6 Å². The Morgan fingerprint density at radius 2 is 1.95 bits per heavy atom. The van der Waals surface area contributed by atoms with Gasteiger partial charge in [-0.15, -0.1) is 11.3 Å². The Hall–Kier alpha value is -1.64. The predicted octanol–water partition coefficient (Wildman–Crippen LogP) is 5.09. The summed E-state index contributed by atoms with van der Waals surface area (Å²) in [5.74, 6) is 0.0272. The van der Waals surface area contributed by atoms with Gasteiger partial charge in [-0.2, -0.15) is 0 Å². The number of hydrogen-bond acceptors (Lipinski definition) is 2. The molecule has 0 atom stereocenters. The Balaban J connectivity index is 2.11. The zero-order valence-electron chi connectivity index (χ0n) is 10.3. The minimum atomic E-state index is 0.0272. The van der Waals surface area contributed by atoms with Gasteiger partial charge in [0.25, 0.3) is 0 Å². The van der Waals surface area contributed by atoms with E-state index in [1.165, 1.54) is 0 Å². The second-order valence-electron chi connectivity index (χ2n) is 4.44. The first-order valence-corrected chi connectivity index (χ1v) is 7.19. The van der Waals surface area contributed by atoms with Gasteiger partial charge in [0.1, 0.15) is 0 Å². The molecule has 0 aliphatic heterocycles. The molecule has 1 nitrogen and oxygen atoms in total. The van der Waals surface area contributed by atoms with E-state index in [1.54, 1.807) is 17.4 Å². The van der Waals surface area contributed by atoms with Crippen LogP contribution in [0.1, 0.15) is 21.5 Å². The first kappa shape index (κ1) is 12.4. The van der Waals surface area contributed by atoms with Crippen LogP contribution in [-0.4, -0.2) is 5.78 Å². The van der Waals surface area contributed by atoms with Gasteiger partial charge in [0.2, 0.25) is 0 Å². The first-order chi connectivity index (χ1) is 9.16. The van der Waals surface area contributed by atoms with Gasteiger partial charge in [-0.1, -0.05) is 41.9 Å². The largest absolute Gasteiger partial charge is 0.289 e. The van der Waals surface area contributed by atoms with Gasteiger partial charge in [0, 0.05) is 31.6 Å². The van der Waals surface area contributed by atoms with Gasteiger partial charge < -0.3 is 0 Å². The maximum atomic E-state index is 12.5. The molecule has 0 unspecified atom stereocenters. The highest BCUT2D eigenvalue weighted by Gasteiger charge is 2.14. The van der Waals surface area contributed by atoms with Crippen molar-refractivity contribution in [2.24, 2.45) is 0 Å². The number of carbonyl (C=O) groups is 1. The van der Waals surface area contributed by atoms with Crippen LogP contribution in [0.2, 0.25) is 5.02 Å². The molecule has 3 rings (SSSR count). The van der Waals surface area contributed by atoms with Gasteiger partial charge in [0.05, 0.1) is 0 Å². The van der Waals surface area contributed by atoms with Crippen molar-refractivity contribution in [3.05, 3.63) is 69.6 Å². The number of thiophene rings is 1. The lowest BCUT2D eigenvalue weighted by atomic mass is 10.0. The lowest BCUT2D eigenvalue weighted by Crippen LogP contribution is -2.00. The van der Waals surface area contributed by atoms with Gasteiger partial charge >= 0.3 is 0 Å². The molecule has 0 bridgehead atoms. The summed E-state index contributed by atoms with van der Waals surface area (Å²) >= 11 is 7.68. The summed E-state index contributed by atoms with van der Waals surface area (Å²) in [6.07, 6.45) is 0. The normalized spacial score (nSPS) is 10.8. The number of aryl methyl sites for hydroxylation is 1. The summed E-state index contributed by atoms with van der Waals surface area (Å²) in [4.78, 5) is 12.5. The van der Waals surface area contributed by atoms with Crippen LogP contribution in [0.15, 0.2) is 47.8 Å². The van der Waals surface area contributed by atoms with Crippen molar-refractivity contribution in [2.45, 2.75) is 6.92 Å². The topological polar surface area (TPSA) is 17.1 Å². The van der Waals surface area contributed by atoms with Crippen molar-refractivity contribution in [3.8, 4) is 0 Å². The molecule has 19 heavy (non-hydrogen) atoms. The van der Waals surface area contributed by atoms with E-state index in [-0.39, 0.29) is 5.78 Å². The maximum absolute atomic E-state index is 12.5. The van der Waals surface area contributed by atoms with Gasteiger partial charge in [0.15, 0.2) is 5.78 Å². The average Bonchev–Trinajstić information content (AvgIpc) is 2.85. The molecule has 0 saturated heterocycles. The Bertz CT molecular complexity index is 773. The van der Waals surface area contributed by atoms with Crippen LogP contribution in [0.3, 0.4) is 0 Å². The van der Waals surface area contributed by atoms with Crippen LogP contribution in [0.4, 0.5) is 0 Å². The standard InChI is InChI=1S/C16H11ClOS/c1-10-6-7-11(8-14(10)17)16(18)13-9-19-15-5-3-2-4-12(13)15/h2-9H,1H3. The van der Waals surface area contributed by atoms with E-state index in [0.717, 1.165) is 21.2 Å². The smallest absolute Gasteiger partial charge is 0.194 e. The summed E-state index contributed by atoms with van der Waals surface area (Å²) < 4.78 is 1.13. The SMILES string of the molecule is Cc1ccc(C(=O)c2csc3ccccc23)cc1Cl. The number of rotatable bonds is 2. The van der Waals surface area contributed by atoms with Crippen LogP contribution in [0.5, 0.6) is 0 Å². The number of carbonyl (C=O) groups excluding carboxylic acids is 1. The quantitative estimate of drug-likeness (QED) is 0.599. The summed E-state index contributed by atoms with van der Waals surface area (Å²) in [5.41, 5.74) is 2.37. The monoisotopic (exact) mass is 286 g/mol. The summed E-state index contributed by atoms with van der Waals surface area (Å²) in [5, 5.41) is 3.56. The van der Waals surface area contributed by atoms with E-state index < -0.39 is 0 Å². The number of hydrogen-bond donors (Lipinski definition) is 0. The molecule has 0 fully saturated rings. The molecule has 0 aliphatic carbocycles. The molecule has 0 saturated carbocycles. The molecule has 0 N–H and O–H groups in total. The molecule has 0 radical (unpaired) electrons. The van der Waals surface area contributed by atoms with Crippen molar-refractivity contribution in [2.75, 3.05) is 0 Å². The van der Waals surface area contributed by atoms with Crippen molar-refractivity contribution >= 4 is 38.8 Å². The van der Waals surface area contributed by atoms with Crippen LogP contribution in [0.25, 0.3) is 10.1 Å². The Kier molecular flexibility index (Phi) is 3.13. The molecular weight excluding hydrogens is 276 g/mol. The van der Waals surface area contributed by atoms with Crippen LogP contribution < -0.4 is 0 Å². The second kappa shape index (κ2) is 4.80. The molecule has 94 valence electrons. The van der Waals surface area contributed by atoms with E-state index in [9.17, 15) is 4.79 Å². The molecule has 0 aliphatic rings. The van der Waals surface area contributed by atoms with Crippen molar-refractivity contribution in [1.29, 1.82) is 0 Å². The van der Waals surface area contributed by atoms with E-state index >= 15 is 0 Å². The van der Waals surface area contributed by atoms with E-state index in [1.807, 2.05) is 48.7 Å². The third-order valence-corrected chi connectivity index (χ3v) is 4.53. The third kappa shape index (κ3) is 2.18. The molecule has 3 heteroatoms. The van der Waals surface area contributed by atoms with Crippen LogP contribution in [0, 0.1) is 6.92 Å². The highest BCUT2D eigenvalue weighted by Crippen LogP contribution is 2.28. The molecule has 1 heterocycles. The molecular formula is C16H11ClOS. The fraction of sp³-hybridized carbons (Fsp3) is 0.0625. The summed E-state index contributed by atoms with van der Waals surface area (Å²) in [6.45, 7) is 1.93. The van der Waals surface area contributed by atoms with E-state index in [4.69, 9.17) is 11.6 Å². The molecule has 1 aromatic heterocycles. The number of ketones is 1.